The Balaban J connectivity index is 1.76. The number of aryl methyl sites for hydroxylation is 3. The minimum absolute atomic E-state index is 0.171. The lowest BCUT2D eigenvalue weighted by atomic mass is 10.2. The van der Waals surface area contributed by atoms with Gasteiger partial charge in [-0.2, -0.15) is 5.10 Å². The average Bonchev–Trinajstić information content (AvgIpc) is 3.21. The van der Waals surface area contributed by atoms with Crippen LogP contribution in [0.2, 0.25) is 0 Å². The van der Waals surface area contributed by atoms with E-state index in [4.69, 9.17) is 0 Å². The number of aromatic nitrogens is 6. The van der Waals surface area contributed by atoms with Crippen molar-refractivity contribution in [1.29, 1.82) is 0 Å². The summed E-state index contributed by atoms with van der Waals surface area (Å²) in [5, 5.41) is 4.16. The van der Waals surface area contributed by atoms with Gasteiger partial charge in [-0.1, -0.05) is 0 Å². The fourth-order valence-corrected chi connectivity index (χ4v) is 2.23. The number of carbonyl (C=O) groups is 1. The van der Waals surface area contributed by atoms with E-state index >= 15 is 0 Å². The largest absolute Gasteiger partial charge is 0.464 e. The third kappa shape index (κ3) is 3.25. The van der Waals surface area contributed by atoms with E-state index in [0.717, 1.165) is 18.5 Å². The quantitative estimate of drug-likeness (QED) is 0.656. The molecule has 8 heteroatoms. The van der Waals surface area contributed by atoms with Gasteiger partial charge in [0.1, 0.15) is 5.69 Å². The van der Waals surface area contributed by atoms with Crippen molar-refractivity contribution < 1.29 is 9.53 Å². The van der Waals surface area contributed by atoms with Crippen LogP contribution in [-0.4, -0.2) is 42.4 Å². The number of carbonyl (C=O) groups excluding carboxylic acids is 1. The van der Waals surface area contributed by atoms with E-state index in [1.807, 2.05) is 30.2 Å². The molecule has 3 rings (SSSR count). The molecule has 8 nitrogen and oxygen atoms in total. The third-order valence-corrected chi connectivity index (χ3v) is 3.39. The predicted octanol–water partition coefficient (Wildman–Crippen LogP) is 1.10. The molecule has 0 fully saturated rings. The molecule has 23 heavy (non-hydrogen) atoms. The van der Waals surface area contributed by atoms with Gasteiger partial charge in [-0.15, -0.1) is 0 Å². The molecule has 118 valence electrons. The molecule has 0 unspecified atom stereocenters. The van der Waals surface area contributed by atoms with Crippen LogP contribution in [0.15, 0.2) is 37.2 Å². The highest BCUT2D eigenvalue weighted by molar-refractivity contribution is 5.86. The van der Waals surface area contributed by atoms with Gasteiger partial charge in [0.25, 0.3) is 0 Å². The van der Waals surface area contributed by atoms with E-state index in [1.165, 1.54) is 19.5 Å². The van der Waals surface area contributed by atoms with E-state index in [9.17, 15) is 4.79 Å². The minimum atomic E-state index is -0.510. The van der Waals surface area contributed by atoms with E-state index in [-0.39, 0.29) is 5.69 Å². The van der Waals surface area contributed by atoms with Gasteiger partial charge in [-0.3, -0.25) is 4.68 Å². The summed E-state index contributed by atoms with van der Waals surface area (Å²) in [5.41, 5.74) is 1.93. The second-order valence-corrected chi connectivity index (χ2v) is 4.99. The molecule has 0 amide bonds. The summed E-state index contributed by atoms with van der Waals surface area (Å²) < 4.78 is 8.38. The number of rotatable bonds is 5. The molecule has 0 aliphatic heterocycles. The topological polar surface area (TPSA) is 87.7 Å². The average molecular weight is 312 g/mol. The molecular weight excluding hydrogens is 296 g/mol. The van der Waals surface area contributed by atoms with Crippen molar-refractivity contribution in [2.24, 2.45) is 7.05 Å². The first-order chi connectivity index (χ1) is 11.2. The standard InChI is InChI=1S/C15H16N6O2/c1-20-10-11(7-19-20)3-5-21-6-4-16-14(21)12-8-18-13(9-17-12)15(22)23-2/h4,6-10H,3,5H2,1-2H3. The number of nitrogens with zero attached hydrogens (tertiary/aromatic N) is 6. The van der Waals surface area contributed by atoms with Gasteiger partial charge in [-0.05, 0) is 12.0 Å². The summed E-state index contributed by atoms with van der Waals surface area (Å²) in [6.07, 6.45) is 11.2. The Labute approximate surface area is 132 Å². The molecule has 3 heterocycles. The van der Waals surface area contributed by atoms with E-state index in [0.29, 0.717) is 11.5 Å². The van der Waals surface area contributed by atoms with Crippen molar-refractivity contribution >= 4 is 5.97 Å². The molecule has 3 aromatic rings. The lowest BCUT2D eigenvalue weighted by Gasteiger charge is -2.06. The fraction of sp³-hybridized carbons (Fsp3) is 0.267. The first-order valence-electron chi connectivity index (χ1n) is 7.07. The zero-order valence-electron chi connectivity index (χ0n) is 12.9. The van der Waals surface area contributed by atoms with Crippen LogP contribution in [0.5, 0.6) is 0 Å². The molecule has 0 bridgehead atoms. The zero-order valence-corrected chi connectivity index (χ0v) is 12.9. The maximum Gasteiger partial charge on any atom is 0.358 e. The molecule has 0 saturated carbocycles. The first-order valence-corrected chi connectivity index (χ1v) is 7.07. The van der Waals surface area contributed by atoms with Crippen molar-refractivity contribution in [2.75, 3.05) is 7.11 Å². The van der Waals surface area contributed by atoms with Crippen molar-refractivity contribution in [3.05, 3.63) is 48.4 Å². The highest BCUT2D eigenvalue weighted by Gasteiger charge is 2.11. The van der Waals surface area contributed by atoms with Gasteiger partial charge in [0.2, 0.25) is 0 Å². The van der Waals surface area contributed by atoms with Gasteiger partial charge in [-0.25, -0.2) is 19.7 Å². The summed E-state index contributed by atoms with van der Waals surface area (Å²) in [4.78, 5) is 24.0. The lowest BCUT2D eigenvalue weighted by molar-refractivity contribution is 0.0593. The summed E-state index contributed by atoms with van der Waals surface area (Å²) in [6.45, 7) is 0.751. The number of hydrogen-bond acceptors (Lipinski definition) is 6. The van der Waals surface area contributed by atoms with Crippen molar-refractivity contribution in [1.82, 2.24) is 29.3 Å². The van der Waals surface area contributed by atoms with Crippen LogP contribution in [0.25, 0.3) is 11.5 Å². The Kier molecular flexibility index (Phi) is 4.13. The molecule has 3 aromatic heterocycles. The van der Waals surface area contributed by atoms with Gasteiger partial charge < -0.3 is 9.30 Å². The number of imidazole rings is 1. The van der Waals surface area contributed by atoms with E-state index < -0.39 is 5.97 Å². The van der Waals surface area contributed by atoms with Crippen LogP contribution in [-0.2, 0) is 24.8 Å². The highest BCUT2D eigenvalue weighted by atomic mass is 16.5. The van der Waals surface area contributed by atoms with Gasteiger partial charge in [0.15, 0.2) is 11.5 Å². The number of ether oxygens (including phenoxy) is 1. The van der Waals surface area contributed by atoms with Crippen LogP contribution in [0.4, 0.5) is 0 Å². The number of hydrogen-bond donors (Lipinski definition) is 0. The van der Waals surface area contributed by atoms with Gasteiger partial charge in [0, 0.05) is 32.2 Å². The molecule has 0 aromatic carbocycles. The maximum atomic E-state index is 11.4. The smallest absolute Gasteiger partial charge is 0.358 e. The normalized spacial score (nSPS) is 10.7. The molecule has 0 saturated heterocycles. The molecular formula is C15H16N6O2. The van der Waals surface area contributed by atoms with Crippen molar-refractivity contribution in [3.8, 4) is 11.5 Å². The second-order valence-electron chi connectivity index (χ2n) is 4.99. The van der Waals surface area contributed by atoms with Crippen LogP contribution in [0, 0.1) is 0 Å². The molecule has 0 atom stereocenters. The van der Waals surface area contributed by atoms with Crippen LogP contribution in [0.1, 0.15) is 16.1 Å². The van der Waals surface area contributed by atoms with Crippen LogP contribution in [0.3, 0.4) is 0 Å². The molecule has 0 aliphatic carbocycles. The Morgan fingerprint density at radius 2 is 2.09 bits per heavy atom. The Bertz CT molecular complexity index is 805. The lowest BCUT2D eigenvalue weighted by Crippen LogP contribution is -2.07. The van der Waals surface area contributed by atoms with Crippen LogP contribution < -0.4 is 0 Å². The summed E-state index contributed by atoms with van der Waals surface area (Å²) in [5.74, 6) is 0.196. The summed E-state index contributed by atoms with van der Waals surface area (Å²) in [7, 11) is 3.20. The molecule has 0 N–H and O–H groups in total. The SMILES string of the molecule is COC(=O)c1cnc(-c2nccn2CCc2cnn(C)c2)cn1. The fourth-order valence-electron chi connectivity index (χ4n) is 2.23. The Morgan fingerprint density at radius 1 is 1.22 bits per heavy atom. The minimum Gasteiger partial charge on any atom is -0.464 e. The van der Waals surface area contributed by atoms with E-state index in [2.05, 4.69) is 24.8 Å². The summed E-state index contributed by atoms with van der Waals surface area (Å²) in [6, 6.07) is 0. The molecule has 0 aliphatic rings. The van der Waals surface area contributed by atoms with E-state index in [1.54, 1.807) is 10.9 Å². The first kappa shape index (κ1) is 14.9. The summed E-state index contributed by atoms with van der Waals surface area (Å²) >= 11 is 0. The third-order valence-electron chi connectivity index (χ3n) is 3.39. The second kappa shape index (κ2) is 6.39. The Hall–Kier alpha value is -3.03. The zero-order chi connectivity index (χ0) is 16.2. The number of methoxy groups -OCH3 is 1. The van der Waals surface area contributed by atoms with Gasteiger partial charge in [0.05, 0.1) is 25.7 Å². The monoisotopic (exact) mass is 312 g/mol. The van der Waals surface area contributed by atoms with Crippen molar-refractivity contribution in [2.45, 2.75) is 13.0 Å². The number of esters is 1. The predicted molar refractivity (Wildman–Crippen MR) is 81.5 cm³/mol. The highest BCUT2D eigenvalue weighted by Crippen LogP contribution is 2.15. The van der Waals surface area contributed by atoms with Crippen molar-refractivity contribution in [3.63, 3.8) is 0 Å². The maximum absolute atomic E-state index is 11.4. The molecule has 0 spiro atoms. The Morgan fingerprint density at radius 3 is 2.74 bits per heavy atom. The molecule has 0 radical (unpaired) electrons. The van der Waals surface area contributed by atoms with Crippen LogP contribution >= 0.6 is 0 Å². The van der Waals surface area contributed by atoms with Gasteiger partial charge >= 0.3 is 5.97 Å².